The van der Waals surface area contributed by atoms with E-state index in [1.54, 1.807) is 12.1 Å². The second-order valence-corrected chi connectivity index (χ2v) is 5.09. The van der Waals surface area contributed by atoms with Crippen LogP contribution in [0.5, 0.6) is 0 Å². The molecule has 0 atom stereocenters. The van der Waals surface area contributed by atoms with E-state index in [9.17, 15) is 10.1 Å². The van der Waals surface area contributed by atoms with Crippen molar-refractivity contribution < 1.29 is 4.92 Å². The quantitative estimate of drug-likeness (QED) is 0.509. The van der Waals surface area contributed by atoms with Crippen LogP contribution in [0.15, 0.2) is 42.5 Å². The van der Waals surface area contributed by atoms with E-state index in [2.05, 4.69) is 10.6 Å². The molecule has 0 bridgehead atoms. The highest BCUT2D eigenvalue weighted by molar-refractivity contribution is 7.80. The van der Waals surface area contributed by atoms with Gasteiger partial charge in [0.2, 0.25) is 0 Å². The number of thiocarbonyl (C=S) groups is 1. The molecule has 0 heterocycles. The highest BCUT2D eigenvalue weighted by Gasteiger charge is 2.06. The van der Waals surface area contributed by atoms with E-state index in [1.807, 2.05) is 32.0 Å². The second kappa shape index (κ2) is 6.32. The van der Waals surface area contributed by atoms with Crippen LogP contribution in [0.4, 0.5) is 17.1 Å². The minimum Gasteiger partial charge on any atom is -0.332 e. The average Bonchev–Trinajstić information content (AvgIpc) is 2.43. The summed E-state index contributed by atoms with van der Waals surface area (Å²) in [6.45, 7) is 4.07. The van der Waals surface area contributed by atoms with Crippen molar-refractivity contribution in [2.75, 3.05) is 10.6 Å². The molecule has 5 nitrogen and oxygen atoms in total. The van der Waals surface area contributed by atoms with Gasteiger partial charge in [-0.15, -0.1) is 0 Å². The van der Waals surface area contributed by atoms with Gasteiger partial charge in [-0.25, -0.2) is 0 Å². The van der Waals surface area contributed by atoms with Gasteiger partial charge in [0, 0.05) is 23.5 Å². The predicted molar refractivity (Wildman–Crippen MR) is 88.9 cm³/mol. The van der Waals surface area contributed by atoms with Gasteiger partial charge in [-0.3, -0.25) is 10.1 Å². The van der Waals surface area contributed by atoms with Gasteiger partial charge in [-0.2, -0.15) is 0 Å². The third-order valence-corrected chi connectivity index (χ3v) is 3.28. The first-order chi connectivity index (χ1) is 9.95. The van der Waals surface area contributed by atoms with Gasteiger partial charge in [0.1, 0.15) is 0 Å². The fourth-order valence-corrected chi connectivity index (χ4v) is 2.05. The summed E-state index contributed by atoms with van der Waals surface area (Å²) >= 11 is 5.21. The monoisotopic (exact) mass is 301 g/mol. The molecule has 0 aromatic heterocycles. The first kappa shape index (κ1) is 14.9. The van der Waals surface area contributed by atoms with Crippen LogP contribution in [0.25, 0.3) is 0 Å². The van der Waals surface area contributed by atoms with Crippen molar-refractivity contribution in [2.45, 2.75) is 13.8 Å². The van der Waals surface area contributed by atoms with Gasteiger partial charge in [-0.1, -0.05) is 12.1 Å². The lowest BCUT2D eigenvalue weighted by Gasteiger charge is -2.11. The fourth-order valence-electron chi connectivity index (χ4n) is 1.81. The molecule has 2 N–H and O–H groups in total. The Morgan fingerprint density at radius 2 is 1.71 bits per heavy atom. The number of hydrogen-bond donors (Lipinski definition) is 2. The van der Waals surface area contributed by atoms with Crippen molar-refractivity contribution in [3.8, 4) is 0 Å². The summed E-state index contributed by atoms with van der Waals surface area (Å²) in [6, 6.07) is 12.1. The number of rotatable bonds is 3. The highest BCUT2D eigenvalue weighted by atomic mass is 32.1. The Balaban J connectivity index is 2.06. The van der Waals surface area contributed by atoms with E-state index >= 15 is 0 Å². The standard InChI is InChI=1S/C15H15N3O2S/c1-10-6-7-13(8-11(10)2)17-15(21)16-12-4-3-5-14(9-12)18(19)20/h3-9H,1-2H3,(H2,16,17,21). The molecular weight excluding hydrogens is 286 g/mol. The van der Waals surface area contributed by atoms with Crippen LogP contribution in [0.1, 0.15) is 11.1 Å². The maximum atomic E-state index is 10.7. The molecule has 0 radical (unpaired) electrons. The van der Waals surface area contributed by atoms with Crippen molar-refractivity contribution in [3.05, 3.63) is 63.7 Å². The summed E-state index contributed by atoms with van der Waals surface area (Å²) in [5.74, 6) is 0. The molecule has 21 heavy (non-hydrogen) atoms. The predicted octanol–water partition coefficient (Wildman–Crippen LogP) is 4.02. The van der Waals surface area contributed by atoms with Crippen LogP contribution in [0.3, 0.4) is 0 Å². The number of non-ortho nitro benzene ring substituents is 1. The van der Waals surface area contributed by atoms with Crippen molar-refractivity contribution in [1.29, 1.82) is 0 Å². The fraction of sp³-hybridized carbons (Fsp3) is 0.133. The van der Waals surface area contributed by atoms with Gasteiger partial charge < -0.3 is 10.6 Å². The van der Waals surface area contributed by atoms with E-state index in [1.165, 1.54) is 17.7 Å². The zero-order chi connectivity index (χ0) is 15.4. The summed E-state index contributed by atoms with van der Waals surface area (Å²) in [7, 11) is 0. The van der Waals surface area contributed by atoms with Gasteiger partial charge in [-0.05, 0) is 55.4 Å². The SMILES string of the molecule is Cc1ccc(NC(=S)Nc2cccc([N+](=O)[O-])c2)cc1C. The zero-order valence-electron chi connectivity index (χ0n) is 11.7. The van der Waals surface area contributed by atoms with E-state index < -0.39 is 4.92 Å². The Morgan fingerprint density at radius 3 is 2.33 bits per heavy atom. The molecular formula is C15H15N3O2S. The number of benzene rings is 2. The Bertz CT molecular complexity index is 701. The molecule has 6 heteroatoms. The molecule has 2 aromatic rings. The minimum atomic E-state index is -0.439. The molecule has 0 saturated heterocycles. The summed E-state index contributed by atoms with van der Waals surface area (Å²) < 4.78 is 0. The summed E-state index contributed by atoms with van der Waals surface area (Å²) in [5, 5.41) is 17.1. The van der Waals surface area contributed by atoms with Gasteiger partial charge in [0.05, 0.1) is 4.92 Å². The molecule has 2 aromatic carbocycles. The largest absolute Gasteiger partial charge is 0.332 e. The molecule has 0 fully saturated rings. The molecule has 0 spiro atoms. The minimum absolute atomic E-state index is 0.0222. The van der Waals surface area contributed by atoms with E-state index in [0.717, 1.165) is 11.3 Å². The molecule has 0 aliphatic heterocycles. The van der Waals surface area contributed by atoms with Gasteiger partial charge >= 0.3 is 0 Å². The van der Waals surface area contributed by atoms with Crippen molar-refractivity contribution >= 4 is 34.4 Å². The highest BCUT2D eigenvalue weighted by Crippen LogP contribution is 2.18. The smallest absolute Gasteiger partial charge is 0.271 e. The van der Waals surface area contributed by atoms with Crippen LogP contribution in [0.2, 0.25) is 0 Å². The molecule has 0 aliphatic carbocycles. The van der Waals surface area contributed by atoms with E-state index in [0.29, 0.717) is 10.8 Å². The normalized spacial score (nSPS) is 10.0. The first-order valence-corrected chi connectivity index (χ1v) is 6.76. The summed E-state index contributed by atoms with van der Waals surface area (Å²) in [6.07, 6.45) is 0. The summed E-state index contributed by atoms with van der Waals surface area (Å²) in [4.78, 5) is 10.3. The number of nitro groups is 1. The van der Waals surface area contributed by atoms with Crippen LogP contribution in [0, 0.1) is 24.0 Å². The van der Waals surface area contributed by atoms with Crippen LogP contribution < -0.4 is 10.6 Å². The molecule has 108 valence electrons. The maximum Gasteiger partial charge on any atom is 0.271 e. The van der Waals surface area contributed by atoms with Crippen LogP contribution in [-0.4, -0.2) is 10.0 Å². The molecule has 0 amide bonds. The number of anilines is 2. The molecule has 0 aliphatic rings. The van der Waals surface area contributed by atoms with Crippen molar-refractivity contribution in [3.63, 3.8) is 0 Å². The number of nitrogens with zero attached hydrogens (tertiary/aromatic N) is 1. The third kappa shape index (κ3) is 4.00. The van der Waals surface area contributed by atoms with Crippen molar-refractivity contribution in [2.24, 2.45) is 0 Å². The Labute approximate surface area is 128 Å². The lowest BCUT2D eigenvalue weighted by molar-refractivity contribution is -0.384. The Kier molecular flexibility index (Phi) is 4.49. The third-order valence-electron chi connectivity index (χ3n) is 3.08. The number of nitrogens with one attached hydrogen (secondary N) is 2. The number of aryl methyl sites for hydroxylation is 2. The van der Waals surface area contributed by atoms with Gasteiger partial charge in [0.25, 0.3) is 5.69 Å². The summed E-state index contributed by atoms with van der Waals surface area (Å²) in [5.41, 5.74) is 3.84. The Hall–Kier alpha value is -2.47. The van der Waals surface area contributed by atoms with Crippen LogP contribution in [-0.2, 0) is 0 Å². The van der Waals surface area contributed by atoms with E-state index in [4.69, 9.17) is 12.2 Å². The lowest BCUT2D eigenvalue weighted by atomic mass is 10.1. The molecule has 0 saturated carbocycles. The number of nitro benzene ring substituents is 1. The first-order valence-electron chi connectivity index (χ1n) is 6.35. The number of hydrogen-bond acceptors (Lipinski definition) is 3. The second-order valence-electron chi connectivity index (χ2n) is 4.69. The zero-order valence-corrected chi connectivity index (χ0v) is 12.5. The van der Waals surface area contributed by atoms with Crippen molar-refractivity contribution in [1.82, 2.24) is 0 Å². The van der Waals surface area contributed by atoms with Crippen LogP contribution >= 0.6 is 12.2 Å². The maximum absolute atomic E-state index is 10.7. The average molecular weight is 301 g/mol. The lowest BCUT2D eigenvalue weighted by Crippen LogP contribution is -2.19. The Morgan fingerprint density at radius 1 is 1.05 bits per heavy atom. The van der Waals surface area contributed by atoms with Gasteiger partial charge in [0.15, 0.2) is 5.11 Å². The molecule has 2 rings (SSSR count). The molecule has 0 unspecified atom stereocenters. The van der Waals surface area contributed by atoms with E-state index in [-0.39, 0.29) is 5.69 Å². The topological polar surface area (TPSA) is 67.2 Å².